The molecule has 106 valence electrons. The predicted octanol–water partition coefficient (Wildman–Crippen LogP) is 0.629. The molecule has 0 aliphatic rings. The molecular formula is C10H16F3NO4. The van der Waals surface area contributed by atoms with E-state index < -0.39 is 12.1 Å². The summed E-state index contributed by atoms with van der Waals surface area (Å²) in [5.74, 6) is -2.02. The Morgan fingerprint density at radius 1 is 1.11 bits per heavy atom. The van der Waals surface area contributed by atoms with Gasteiger partial charge in [-0.2, -0.15) is 13.2 Å². The van der Waals surface area contributed by atoms with Crippen molar-refractivity contribution >= 4 is 11.7 Å². The van der Waals surface area contributed by atoms with Crippen LogP contribution in [0.3, 0.4) is 0 Å². The van der Waals surface area contributed by atoms with Crippen LogP contribution in [0.25, 0.3) is 0 Å². The van der Waals surface area contributed by atoms with Crippen LogP contribution in [0.5, 0.6) is 0 Å². The Labute approximate surface area is 103 Å². The number of ketones is 1. The van der Waals surface area contributed by atoms with Crippen molar-refractivity contribution in [2.24, 2.45) is 0 Å². The van der Waals surface area contributed by atoms with Gasteiger partial charge in [-0.3, -0.25) is 9.59 Å². The van der Waals surface area contributed by atoms with Crippen LogP contribution in [0, 0.1) is 0 Å². The summed E-state index contributed by atoms with van der Waals surface area (Å²) in [4.78, 5) is 21.7. The molecule has 0 atom stereocenters. The molecule has 0 saturated heterocycles. The lowest BCUT2D eigenvalue weighted by Gasteiger charge is -2.18. The summed E-state index contributed by atoms with van der Waals surface area (Å²) >= 11 is 0. The molecule has 0 bridgehead atoms. The highest BCUT2D eigenvalue weighted by atomic mass is 19.4. The molecular weight excluding hydrogens is 255 g/mol. The van der Waals surface area contributed by atoms with E-state index in [-0.39, 0.29) is 38.8 Å². The number of alkyl halides is 3. The molecule has 0 radical (unpaired) electrons. The molecule has 1 amide bonds. The summed E-state index contributed by atoms with van der Waals surface area (Å²) in [5.41, 5.74) is 0. The van der Waals surface area contributed by atoms with E-state index in [1.54, 1.807) is 0 Å². The largest absolute Gasteiger partial charge is 0.471 e. The van der Waals surface area contributed by atoms with Gasteiger partial charge < -0.3 is 14.4 Å². The number of carbonyl (C=O) groups excluding carboxylic acids is 2. The summed E-state index contributed by atoms with van der Waals surface area (Å²) in [7, 11) is 1.05. The van der Waals surface area contributed by atoms with Crippen molar-refractivity contribution in [3.05, 3.63) is 0 Å². The SMILES string of the molecule is CC(=O)COCCOCCN(C)C(=O)C(F)(F)F. The van der Waals surface area contributed by atoms with Crippen molar-refractivity contribution in [1.82, 2.24) is 4.90 Å². The molecule has 0 aromatic heterocycles. The highest BCUT2D eigenvalue weighted by molar-refractivity contribution is 5.81. The molecule has 0 aliphatic carbocycles. The molecule has 5 nitrogen and oxygen atoms in total. The zero-order valence-corrected chi connectivity index (χ0v) is 10.2. The minimum Gasteiger partial charge on any atom is -0.377 e. The Balaban J connectivity index is 3.55. The Morgan fingerprint density at radius 3 is 2.17 bits per heavy atom. The van der Waals surface area contributed by atoms with Gasteiger partial charge in [-0.15, -0.1) is 0 Å². The van der Waals surface area contributed by atoms with Crippen LogP contribution in [0.1, 0.15) is 6.92 Å². The fourth-order valence-corrected chi connectivity index (χ4v) is 0.955. The number of hydrogen-bond donors (Lipinski definition) is 0. The molecule has 0 saturated carbocycles. The van der Waals surface area contributed by atoms with Crippen LogP contribution < -0.4 is 0 Å². The van der Waals surface area contributed by atoms with Gasteiger partial charge in [-0.05, 0) is 6.92 Å². The maximum absolute atomic E-state index is 12.0. The Kier molecular flexibility index (Phi) is 7.53. The maximum atomic E-state index is 12.0. The van der Waals surface area contributed by atoms with E-state index in [9.17, 15) is 22.8 Å². The number of ether oxygens (including phenoxy) is 2. The number of rotatable bonds is 8. The van der Waals surface area contributed by atoms with Crippen LogP contribution in [-0.2, 0) is 19.1 Å². The van der Waals surface area contributed by atoms with Crippen LogP contribution in [0.15, 0.2) is 0 Å². The van der Waals surface area contributed by atoms with Crippen LogP contribution in [0.2, 0.25) is 0 Å². The molecule has 0 unspecified atom stereocenters. The van der Waals surface area contributed by atoms with Gasteiger partial charge in [0, 0.05) is 13.6 Å². The van der Waals surface area contributed by atoms with Gasteiger partial charge in [0.15, 0.2) is 5.78 Å². The molecule has 0 fully saturated rings. The van der Waals surface area contributed by atoms with Crippen molar-refractivity contribution < 1.29 is 32.2 Å². The third-order valence-corrected chi connectivity index (χ3v) is 1.84. The van der Waals surface area contributed by atoms with Gasteiger partial charge in [0.25, 0.3) is 0 Å². The average molecular weight is 271 g/mol. The molecule has 0 aliphatic heterocycles. The van der Waals surface area contributed by atoms with Gasteiger partial charge in [0.05, 0.1) is 19.8 Å². The number of carbonyl (C=O) groups is 2. The Morgan fingerprint density at radius 2 is 1.67 bits per heavy atom. The van der Waals surface area contributed by atoms with Gasteiger partial charge in [0.1, 0.15) is 6.61 Å². The average Bonchev–Trinajstić information content (AvgIpc) is 2.24. The molecule has 18 heavy (non-hydrogen) atoms. The minimum absolute atomic E-state index is 0.0180. The van der Waals surface area contributed by atoms with Crippen molar-refractivity contribution in [2.75, 3.05) is 40.0 Å². The summed E-state index contributed by atoms with van der Waals surface area (Å²) in [5, 5.41) is 0. The fraction of sp³-hybridized carbons (Fsp3) is 0.800. The lowest BCUT2D eigenvalue weighted by Crippen LogP contribution is -2.40. The standard InChI is InChI=1S/C10H16F3NO4/c1-8(15)7-18-6-5-17-4-3-14(2)9(16)10(11,12)13/h3-7H2,1-2H3. The second kappa shape index (κ2) is 8.04. The monoisotopic (exact) mass is 271 g/mol. The summed E-state index contributed by atoms with van der Waals surface area (Å²) in [6.07, 6.45) is -4.86. The van der Waals surface area contributed by atoms with Gasteiger partial charge in [-0.25, -0.2) is 0 Å². The number of nitrogens with zero attached hydrogens (tertiary/aromatic N) is 1. The molecule has 0 spiro atoms. The van der Waals surface area contributed by atoms with Crippen molar-refractivity contribution in [3.8, 4) is 0 Å². The molecule has 8 heteroatoms. The summed E-state index contributed by atoms with van der Waals surface area (Å²) in [6.45, 7) is 1.50. The second-order valence-corrected chi connectivity index (χ2v) is 3.59. The first-order valence-corrected chi connectivity index (χ1v) is 5.22. The summed E-state index contributed by atoms with van der Waals surface area (Å²) in [6, 6.07) is 0. The third kappa shape index (κ3) is 8.02. The van der Waals surface area contributed by atoms with Gasteiger partial charge in [-0.1, -0.05) is 0 Å². The molecule has 0 aromatic carbocycles. The van der Waals surface area contributed by atoms with E-state index in [4.69, 9.17) is 9.47 Å². The number of Topliss-reactive ketones (excluding diaryl/α,β-unsaturated/α-hetero) is 1. The van der Waals surface area contributed by atoms with Crippen molar-refractivity contribution in [2.45, 2.75) is 13.1 Å². The number of halogens is 3. The molecule has 0 heterocycles. The smallest absolute Gasteiger partial charge is 0.377 e. The molecule has 0 rings (SSSR count). The first kappa shape index (κ1) is 16.9. The first-order valence-electron chi connectivity index (χ1n) is 5.22. The minimum atomic E-state index is -4.86. The quantitative estimate of drug-likeness (QED) is 0.608. The van der Waals surface area contributed by atoms with Crippen LogP contribution in [-0.4, -0.2) is 62.8 Å². The first-order chi connectivity index (χ1) is 8.25. The second-order valence-electron chi connectivity index (χ2n) is 3.59. The van der Waals surface area contributed by atoms with Gasteiger partial charge >= 0.3 is 12.1 Å². The highest BCUT2D eigenvalue weighted by Crippen LogP contribution is 2.17. The lowest BCUT2D eigenvalue weighted by molar-refractivity contribution is -0.184. The van der Waals surface area contributed by atoms with Crippen LogP contribution >= 0.6 is 0 Å². The fourth-order valence-electron chi connectivity index (χ4n) is 0.955. The number of amides is 1. The number of likely N-dealkylation sites (N-methyl/N-ethyl adjacent to an activating group) is 1. The van der Waals surface area contributed by atoms with E-state index >= 15 is 0 Å². The van der Waals surface area contributed by atoms with E-state index in [1.807, 2.05) is 0 Å². The predicted molar refractivity (Wildman–Crippen MR) is 56.0 cm³/mol. The Bertz CT molecular complexity index is 281. The zero-order chi connectivity index (χ0) is 14.2. The Hall–Kier alpha value is -1.15. The molecule has 0 N–H and O–H groups in total. The van der Waals surface area contributed by atoms with E-state index in [0.717, 1.165) is 7.05 Å². The lowest BCUT2D eigenvalue weighted by atomic mass is 10.5. The van der Waals surface area contributed by atoms with Crippen molar-refractivity contribution in [3.63, 3.8) is 0 Å². The molecule has 0 aromatic rings. The van der Waals surface area contributed by atoms with E-state index in [0.29, 0.717) is 4.90 Å². The maximum Gasteiger partial charge on any atom is 0.471 e. The summed E-state index contributed by atoms with van der Waals surface area (Å²) < 4.78 is 45.7. The van der Waals surface area contributed by atoms with Crippen LogP contribution in [0.4, 0.5) is 13.2 Å². The zero-order valence-electron chi connectivity index (χ0n) is 10.2. The van der Waals surface area contributed by atoms with Crippen molar-refractivity contribution in [1.29, 1.82) is 0 Å². The van der Waals surface area contributed by atoms with Gasteiger partial charge in [0.2, 0.25) is 0 Å². The topological polar surface area (TPSA) is 55.8 Å². The normalized spacial score (nSPS) is 11.4. The number of hydrogen-bond acceptors (Lipinski definition) is 4. The highest BCUT2D eigenvalue weighted by Gasteiger charge is 2.40. The third-order valence-electron chi connectivity index (χ3n) is 1.84. The van der Waals surface area contributed by atoms with E-state index in [1.165, 1.54) is 6.92 Å². The van der Waals surface area contributed by atoms with E-state index in [2.05, 4.69) is 0 Å².